The van der Waals surface area contributed by atoms with Gasteiger partial charge in [-0.2, -0.15) is 0 Å². The van der Waals surface area contributed by atoms with Crippen LogP contribution in [0.3, 0.4) is 0 Å². The molecular weight excluding hydrogens is 254 g/mol. The van der Waals surface area contributed by atoms with E-state index in [-0.39, 0.29) is 29.5 Å². The summed E-state index contributed by atoms with van der Waals surface area (Å²) in [6, 6.07) is 3.82. The number of aliphatic carboxylic acids is 1. The fourth-order valence-electron chi connectivity index (χ4n) is 2.36. The number of hydrogen-bond donors (Lipinski definition) is 2. The van der Waals surface area contributed by atoms with Crippen LogP contribution in [0.15, 0.2) is 18.2 Å². The van der Waals surface area contributed by atoms with E-state index in [9.17, 15) is 20.0 Å². The van der Waals surface area contributed by atoms with Crippen molar-refractivity contribution in [3.8, 4) is 5.75 Å². The standard InChI is InChI=1S/C12H13NO6/c1-7-5-12(16,6-11(14)15)9-4-8(13(17)18)2-3-10(9)19-7/h2-4,7,16H,5-6H2,1H3,(H,14,15)/t7-,12-/m1/s1. The Morgan fingerprint density at radius 2 is 2.32 bits per heavy atom. The average Bonchev–Trinajstić information content (AvgIpc) is 2.26. The lowest BCUT2D eigenvalue weighted by molar-refractivity contribution is -0.385. The number of nitro groups is 1. The van der Waals surface area contributed by atoms with Crippen molar-refractivity contribution in [2.45, 2.75) is 31.5 Å². The van der Waals surface area contributed by atoms with Crippen LogP contribution in [0.2, 0.25) is 0 Å². The second kappa shape index (κ2) is 4.51. The number of rotatable bonds is 3. The van der Waals surface area contributed by atoms with Gasteiger partial charge in [0, 0.05) is 24.1 Å². The van der Waals surface area contributed by atoms with Gasteiger partial charge in [-0.25, -0.2) is 0 Å². The molecule has 1 aliphatic rings. The monoisotopic (exact) mass is 267 g/mol. The molecule has 0 spiro atoms. The Labute approximate surface area is 108 Å². The van der Waals surface area contributed by atoms with Crippen molar-refractivity contribution >= 4 is 11.7 Å². The number of carbonyl (C=O) groups is 1. The minimum atomic E-state index is -1.65. The summed E-state index contributed by atoms with van der Waals surface area (Å²) in [5.41, 5.74) is -1.70. The summed E-state index contributed by atoms with van der Waals surface area (Å²) in [5, 5.41) is 30.1. The highest BCUT2D eigenvalue weighted by Gasteiger charge is 2.41. The average molecular weight is 267 g/mol. The van der Waals surface area contributed by atoms with Gasteiger partial charge in [-0.1, -0.05) is 0 Å². The molecule has 2 atom stereocenters. The van der Waals surface area contributed by atoms with E-state index in [2.05, 4.69) is 0 Å². The van der Waals surface area contributed by atoms with Crippen LogP contribution in [-0.4, -0.2) is 27.2 Å². The van der Waals surface area contributed by atoms with Crippen LogP contribution >= 0.6 is 0 Å². The zero-order valence-electron chi connectivity index (χ0n) is 10.2. The maximum Gasteiger partial charge on any atom is 0.306 e. The number of fused-ring (bicyclic) bond motifs is 1. The molecule has 19 heavy (non-hydrogen) atoms. The third-order valence-electron chi connectivity index (χ3n) is 3.07. The first-order chi connectivity index (χ1) is 8.82. The number of aliphatic hydroxyl groups is 1. The molecule has 0 aliphatic carbocycles. The van der Waals surface area contributed by atoms with Gasteiger partial charge in [0.2, 0.25) is 0 Å². The lowest BCUT2D eigenvalue weighted by Crippen LogP contribution is -2.38. The summed E-state index contributed by atoms with van der Waals surface area (Å²) in [6.45, 7) is 1.71. The molecule has 1 aliphatic heterocycles. The highest BCUT2D eigenvalue weighted by atomic mass is 16.6. The fourth-order valence-corrected chi connectivity index (χ4v) is 2.36. The van der Waals surface area contributed by atoms with Crippen LogP contribution in [0.25, 0.3) is 0 Å². The third-order valence-corrected chi connectivity index (χ3v) is 3.07. The third kappa shape index (κ3) is 2.50. The second-order valence-electron chi connectivity index (χ2n) is 4.67. The molecule has 0 saturated heterocycles. The van der Waals surface area contributed by atoms with Crippen molar-refractivity contribution in [2.24, 2.45) is 0 Å². The smallest absolute Gasteiger partial charge is 0.306 e. The topological polar surface area (TPSA) is 110 Å². The Kier molecular flexibility index (Phi) is 3.15. The summed E-state index contributed by atoms with van der Waals surface area (Å²) in [7, 11) is 0. The zero-order chi connectivity index (χ0) is 14.2. The predicted octanol–water partition coefficient (Wildman–Crippen LogP) is 1.43. The molecule has 1 aromatic rings. The van der Waals surface area contributed by atoms with Gasteiger partial charge < -0.3 is 14.9 Å². The van der Waals surface area contributed by atoms with Gasteiger partial charge in [0.15, 0.2) is 0 Å². The Balaban J connectivity index is 2.52. The minimum Gasteiger partial charge on any atom is -0.490 e. The van der Waals surface area contributed by atoms with Gasteiger partial charge in [0.1, 0.15) is 11.4 Å². The van der Waals surface area contributed by atoms with E-state index < -0.39 is 22.9 Å². The maximum atomic E-state index is 10.9. The molecule has 2 N–H and O–H groups in total. The van der Waals surface area contributed by atoms with Gasteiger partial charge in [-0.05, 0) is 13.0 Å². The van der Waals surface area contributed by atoms with E-state index >= 15 is 0 Å². The fraction of sp³-hybridized carbons (Fsp3) is 0.417. The van der Waals surface area contributed by atoms with Crippen LogP contribution in [0.1, 0.15) is 25.3 Å². The Morgan fingerprint density at radius 1 is 1.63 bits per heavy atom. The van der Waals surface area contributed by atoms with Crippen molar-refractivity contribution < 1.29 is 24.7 Å². The summed E-state index contributed by atoms with van der Waals surface area (Å²) >= 11 is 0. The maximum absolute atomic E-state index is 10.9. The lowest BCUT2D eigenvalue weighted by atomic mass is 9.82. The first kappa shape index (κ1) is 13.3. The Hall–Kier alpha value is -2.15. The molecule has 0 fully saturated rings. The zero-order valence-corrected chi connectivity index (χ0v) is 10.2. The molecule has 0 amide bonds. The quantitative estimate of drug-likeness (QED) is 0.633. The number of non-ortho nitro benzene ring substituents is 1. The van der Waals surface area contributed by atoms with Crippen LogP contribution in [0.5, 0.6) is 5.75 Å². The molecule has 1 heterocycles. The van der Waals surface area contributed by atoms with Gasteiger partial charge >= 0.3 is 5.97 Å². The molecule has 7 nitrogen and oxygen atoms in total. The van der Waals surface area contributed by atoms with Crippen molar-refractivity contribution in [2.75, 3.05) is 0 Å². The van der Waals surface area contributed by atoms with Crippen LogP contribution in [-0.2, 0) is 10.4 Å². The molecule has 7 heteroatoms. The largest absolute Gasteiger partial charge is 0.490 e. The molecule has 0 unspecified atom stereocenters. The summed E-state index contributed by atoms with van der Waals surface area (Å²) in [5.74, 6) is -0.887. The van der Waals surface area contributed by atoms with E-state index in [0.29, 0.717) is 0 Å². The molecule has 1 aromatic carbocycles. The first-order valence-corrected chi connectivity index (χ1v) is 5.71. The highest BCUT2D eigenvalue weighted by Crippen LogP contribution is 2.43. The molecule has 0 aromatic heterocycles. The lowest BCUT2D eigenvalue weighted by Gasteiger charge is -2.36. The number of benzene rings is 1. The molecule has 102 valence electrons. The van der Waals surface area contributed by atoms with Gasteiger partial charge in [-0.15, -0.1) is 0 Å². The SMILES string of the molecule is C[C@@H]1C[C@@](O)(CC(=O)O)c2cc([N+](=O)[O-])ccc2O1. The molecule has 0 bridgehead atoms. The van der Waals surface area contributed by atoms with Crippen LogP contribution in [0, 0.1) is 10.1 Å². The van der Waals surface area contributed by atoms with E-state index in [1.54, 1.807) is 6.92 Å². The first-order valence-electron chi connectivity index (χ1n) is 5.71. The van der Waals surface area contributed by atoms with E-state index in [1.165, 1.54) is 18.2 Å². The van der Waals surface area contributed by atoms with Crippen molar-refractivity contribution in [3.63, 3.8) is 0 Å². The minimum absolute atomic E-state index is 0.0769. The molecule has 0 saturated carbocycles. The van der Waals surface area contributed by atoms with Gasteiger partial charge in [0.05, 0.1) is 17.4 Å². The number of nitro benzene ring substituents is 1. The highest BCUT2D eigenvalue weighted by molar-refractivity contribution is 5.69. The Bertz CT molecular complexity index is 543. The number of nitrogens with zero attached hydrogens (tertiary/aromatic N) is 1. The summed E-state index contributed by atoms with van der Waals surface area (Å²) in [6.07, 6.45) is -0.805. The molecular formula is C12H13NO6. The second-order valence-corrected chi connectivity index (χ2v) is 4.67. The number of hydrogen-bond acceptors (Lipinski definition) is 5. The number of carboxylic acids is 1. The summed E-state index contributed by atoms with van der Waals surface area (Å²) in [4.78, 5) is 21.0. The van der Waals surface area contributed by atoms with E-state index in [4.69, 9.17) is 9.84 Å². The predicted molar refractivity (Wildman–Crippen MR) is 64.0 cm³/mol. The van der Waals surface area contributed by atoms with Crippen LogP contribution < -0.4 is 4.74 Å². The van der Waals surface area contributed by atoms with Crippen molar-refractivity contribution in [3.05, 3.63) is 33.9 Å². The number of ether oxygens (including phenoxy) is 1. The van der Waals surface area contributed by atoms with Gasteiger partial charge in [-0.3, -0.25) is 14.9 Å². The molecule has 2 rings (SSSR count). The van der Waals surface area contributed by atoms with Crippen molar-refractivity contribution in [1.29, 1.82) is 0 Å². The normalized spacial score (nSPS) is 25.3. The van der Waals surface area contributed by atoms with Gasteiger partial charge in [0.25, 0.3) is 5.69 Å². The summed E-state index contributed by atoms with van der Waals surface area (Å²) < 4.78 is 5.47. The van der Waals surface area contributed by atoms with E-state index in [0.717, 1.165) is 0 Å². The van der Waals surface area contributed by atoms with Crippen molar-refractivity contribution in [1.82, 2.24) is 0 Å². The van der Waals surface area contributed by atoms with E-state index in [1.807, 2.05) is 0 Å². The van der Waals surface area contributed by atoms with Crippen LogP contribution in [0.4, 0.5) is 5.69 Å². The Morgan fingerprint density at radius 3 is 2.89 bits per heavy atom. The molecule has 0 radical (unpaired) electrons. The number of carboxylic acid groups (broad SMARTS) is 1.